The zero-order valence-electron chi connectivity index (χ0n) is 5.95. The first-order chi connectivity index (χ1) is 5.36. The highest BCUT2D eigenvalue weighted by atomic mass is 16.1. The summed E-state index contributed by atoms with van der Waals surface area (Å²) in [6, 6.07) is -0.338. The van der Waals surface area contributed by atoms with Gasteiger partial charge in [-0.2, -0.15) is 0 Å². The lowest BCUT2D eigenvalue weighted by Gasteiger charge is -2.04. The number of H-pyrrole nitrogens is 1. The Bertz CT molecular complexity index is 208. The van der Waals surface area contributed by atoms with Crippen LogP contribution in [0.25, 0.3) is 0 Å². The van der Waals surface area contributed by atoms with E-state index in [1.165, 1.54) is 0 Å². The fourth-order valence-electron chi connectivity index (χ4n) is 0.780. The molecule has 4 N–H and O–H groups in total. The number of hydrazine groups is 1. The smallest absolute Gasteiger partial charge is 0.138 e. The number of nitrogens with one attached hydrogen (secondary N) is 2. The molecule has 0 amide bonds. The molecule has 1 rings (SSSR count). The molecule has 0 saturated heterocycles. The summed E-state index contributed by atoms with van der Waals surface area (Å²) in [6.07, 6.45) is 4.53. The molecule has 0 aliphatic rings. The summed E-state index contributed by atoms with van der Waals surface area (Å²) < 4.78 is 0. The van der Waals surface area contributed by atoms with Crippen LogP contribution in [0.15, 0.2) is 12.5 Å². The quantitative estimate of drug-likeness (QED) is 0.294. The Morgan fingerprint density at radius 1 is 1.91 bits per heavy atom. The number of aldehydes is 1. The van der Waals surface area contributed by atoms with E-state index in [2.05, 4.69) is 15.4 Å². The van der Waals surface area contributed by atoms with Crippen molar-refractivity contribution in [3.8, 4) is 0 Å². The van der Waals surface area contributed by atoms with E-state index in [-0.39, 0.29) is 6.04 Å². The summed E-state index contributed by atoms with van der Waals surface area (Å²) in [4.78, 5) is 17.0. The predicted octanol–water partition coefficient (Wildman–Crippen LogP) is -1.02. The van der Waals surface area contributed by atoms with Gasteiger partial charge in [-0.15, -0.1) is 0 Å². The number of carbonyl (C=O) groups is 1. The highest BCUT2D eigenvalue weighted by Gasteiger charge is 2.05. The molecule has 1 aromatic heterocycles. The van der Waals surface area contributed by atoms with E-state index in [9.17, 15) is 4.79 Å². The molecule has 0 aliphatic carbocycles. The van der Waals surface area contributed by atoms with Gasteiger partial charge in [0.15, 0.2) is 0 Å². The van der Waals surface area contributed by atoms with Crippen molar-refractivity contribution in [2.45, 2.75) is 12.5 Å². The molecule has 0 bridgehead atoms. The molecule has 0 saturated carbocycles. The normalized spacial score (nSPS) is 12.8. The molecule has 0 aromatic carbocycles. The molecule has 0 fully saturated rings. The van der Waals surface area contributed by atoms with E-state index in [1.807, 2.05) is 0 Å². The van der Waals surface area contributed by atoms with Gasteiger partial charge in [-0.25, -0.2) is 10.4 Å². The molecule has 60 valence electrons. The number of rotatable bonds is 4. The van der Waals surface area contributed by atoms with E-state index < -0.39 is 0 Å². The third-order valence-electron chi connectivity index (χ3n) is 1.37. The summed E-state index contributed by atoms with van der Waals surface area (Å²) in [5.74, 6) is 5.08. The second-order valence-electron chi connectivity index (χ2n) is 2.19. The molecule has 11 heavy (non-hydrogen) atoms. The molecule has 0 aliphatic heterocycles. The van der Waals surface area contributed by atoms with Gasteiger partial charge >= 0.3 is 0 Å². The fraction of sp³-hybridized carbons (Fsp3) is 0.333. The average Bonchev–Trinajstić information content (AvgIpc) is 2.52. The van der Waals surface area contributed by atoms with Crippen LogP contribution in [0.3, 0.4) is 0 Å². The van der Waals surface area contributed by atoms with Crippen LogP contribution in [0.5, 0.6) is 0 Å². The molecule has 0 radical (unpaired) electrons. The van der Waals surface area contributed by atoms with Crippen molar-refractivity contribution in [3.05, 3.63) is 18.2 Å². The lowest BCUT2D eigenvalue weighted by atomic mass is 10.2. The van der Waals surface area contributed by atoms with Crippen molar-refractivity contribution in [2.24, 2.45) is 5.84 Å². The number of carbonyl (C=O) groups excluding carboxylic acids is 1. The Kier molecular flexibility index (Phi) is 2.76. The van der Waals surface area contributed by atoms with Gasteiger partial charge < -0.3 is 9.78 Å². The van der Waals surface area contributed by atoms with Crippen LogP contribution < -0.4 is 11.3 Å². The van der Waals surface area contributed by atoms with Crippen LogP contribution in [0.4, 0.5) is 0 Å². The van der Waals surface area contributed by atoms with E-state index in [4.69, 9.17) is 5.84 Å². The van der Waals surface area contributed by atoms with Gasteiger partial charge in [-0.1, -0.05) is 0 Å². The number of aromatic amines is 1. The van der Waals surface area contributed by atoms with E-state index in [0.717, 1.165) is 12.0 Å². The lowest BCUT2D eigenvalue weighted by Crippen LogP contribution is -2.37. The molecule has 5 nitrogen and oxygen atoms in total. The van der Waals surface area contributed by atoms with Crippen LogP contribution in [0.2, 0.25) is 0 Å². The Balaban J connectivity index is 2.47. The van der Waals surface area contributed by atoms with Gasteiger partial charge in [0.05, 0.1) is 12.4 Å². The van der Waals surface area contributed by atoms with E-state index in [0.29, 0.717) is 6.42 Å². The zero-order valence-corrected chi connectivity index (χ0v) is 5.95. The summed E-state index contributed by atoms with van der Waals surface area (Å²) >= 11 is 0. The number of nitrogens with two attached hydrogens (primary N) is 1. The summed E-state index contributed by atoms with van der Waals surface area (Å²) in [5, 5.41) is 0. The van der Waals surface area contributed by atoms with Gasteiger partial charge in [-0.3, -0.25) is 5.84 Å². The molecular weight excluding hydrogens is 144 g/mol. The molecule has 1 atom stereocenters. The SMILES string of the molecule is NNC(C=O)Cc1cnc[nH]1. The number of hydrogen-bond acceptors (Lipinski definition) is 4. The van der Waals surface area contributed by atoms with Crippen molar-refractivity contribution in [3.63, 3.8) is 0 Å². The van der Waals surface area contributed by atoms with Crippen molar-refractivity contribution in [2.75, 3.05) is 0 Å². The standard InChI is InChI=1S/C6H10N4O/c7-10-6(3-11)1-5-2-8-4-9-5/h2-4,6,10H,1,7H2,(H,8,9). The first-order valence-electron chi connectivity index (χ1n) is 3.25. The summed E-state index contributed by atoms with van der Waals surface area (Å²) in [5.41, 5.74) is 3.26. The molecule has 1 heterocycles. The second-order valence-corrected chi connectivity index (χ2v) is 2.19. The number of imidazole rings is 1. The number of aromatic nitrogens is 2. The Hall–Kier alpha value is -1.20. The van der Waals surface area contributed by atoms with Crippen LogP contribution >= 0.6 is 0 Å². The van der Waals surface area contributed by atoms with Crippen molar-refractivity contribution in [1.82, 2.24) is 15.4 Å². The molecule has 0 spiro atoms. The van der Waals surface area contributed by atoms with Gasteiger partial charge in [-0.05, 0) is 0 Å². The zero-order chi connectivity index (χ0) is 8.10. The maximum Gasteiger partial charge on any atom is 0.138 e. The minimum Gasteiger partial charge on any atom is -0.348 e. The third-order valence-corrected chi connectivity index (χ3v) is 1.37. The first kappa shape index (κ1) is 7.90. The number of nitrogens with zero attached hydrogens (tertiary/aromatic N) is 1. The Labute approximate surface area is 64.0 Å². The lowest BCUT2D eigenvalue weighted by molar-refractivity contribution is -0.109. The molecule has 1 unspecified atom stereocenters. The second kappa shape index (κ2) is 3.85. The minimum absolute atomic E-state index is 0.338. The fourth-order valence-corrected chi connectivity index (χ4v) is 0.780. The van der Waals surface area contributed by atoms with Crippen LogP contribution in [0, 0.1) is 0 Å². The number of hydrogen-bond donors (Lipinski definition) is 3. The van der Waals surface area contributed by atoms with Gasteiger partial charge in [0.2, 0.25) is 0 Å². The largest absolute Gasteiger partial charge is 0.348 e. The topological polar surface area (TPSA) is 83.8 Å². The monoisotopic (exact) mass is 154 g/mol. The molecule has 5 heteroatoms. The Morgan fingerprint density at radius 2 is 2.73 bits per heavy atom. The van der Waals surface area contributed by atoms with Crippen LogP contribution in [-0.4, -0.2) is 22.3 Å². The van der Waals surface area contributed by atoms with Crippen molar-refractivity contribution >= 4 is 6.29 Å². The van der Waals surface area contributed by atoms with Gasteiger partial charge in [0, 0.05) is 18.3 Å². The van der Waals surface area contributed by atoms with Crippen molar-refractivity contribution < 1.29 is 4.79 Å². The predicted molar refractivity (Wildman–Crippen MR) is 39.5 cm³/mol. The average molecular weight is 154 g/mol. The molecular formula is C6H10N4O. The highest BCUT2D eigenvalue weighted by Crippen LogP contribution is 1.94. The minimum atomic E-state index is -0.338. The van der Waals surface area contributed by atoms with Crippen LogP contribution in [-0.2, 0) is 11.2 Å². The van der Waals surface area contributed by atoms with E-state index >= 15 is 0 Å². The maximum atomic E-state index is 10.3. The van der Waals surface area contributed by atoms with Gasteiger partial charge in [0.25, 0.3) is 0 Å². The van der Waals surface area contributed by atoms with Gasteiger partial charge in [0.1, 0.15) is 6.29 Å². The summed E-state index contributed by atoms with van der Waals surface area (Å²) in [6.45, 7) is 0. The molecule has 1 aromatic rings. The highest BCUT2D eigenvalue weighted by molar-refractivity contribution is 5.57. The summed E-state index contributed by atoms with van der Waals surface area (Å²) in [7, 11) is 0. The Morgan fingerprint density at radius 3 is 3.18 bits per heavy atom. The van der Waals surface area contributed by atoms with Crippen LogP contribution in [0.1, 0.15) is 5.69 Å². The van der Waals surface area contributed by atoms with E-state index in [1.54, 1.807) is 12.5 Å². The van der Waals surface area contributed by atoms with Crippen molar-refractivity contribution in [1.29, 1.82) is 0 Å². The first-order valence-corrected chi connectivity index (χ1v) is 3.25. The third kappa shape index (κ3) is 2.14. The maximum absolute atomic E-state index is 10.3.